The van der Waals surface area contributed by atoms with Crippen molar-refractivity contribution < 1.29 is 9.59 Å². The first-order valence-electron chi connectivity index (χ1n) is 7.40. The molecule has 0 aliphatic carbocycles. The van der Waals surface area contributed by atoms with Gasteiger partial charge in [0.15, 0.2) is 0 Å². The molecule has 1 aromatic carbocycles. The van der Waals surface area contributed by atoms with Crippen LogP contribution in [0, 0.1) is 19.3 Å². The molecular weight excluding hydrogens is 314 g/mol. The first kappa shape index (κ1) is 21.4. The molecule has 0 aliphatic heterocycles. The van der Waals surface area contributed by atoms with Gasteiger partial charge in [-0.3, -0.25) is 9.59 Å². The van der Waals surface area contributed by atoms with Gasteiger partial charge in [-0.05, 0) is 30.4 Å². The topological polar surface area (TPSA) is 75.4 Å². The first-order valence-corrected chi connectivity index (χ1v) is 7.40. The molecule has 0 saturated heterocycles. The van der Waals surface area contributed by atoms with Gasteiger partial charge in [0.2, 0.25) is 11.8 Å². The van der Waals surface area contributed by atoms with Crippen molar-refractivity contribution in [1.29, 1.82) is 0 Å². The van der Waals surface area contributed by atoms with Gasteiger partial charge in [-0.1, -0.05) is 39.0 Å². The van der Waals surface area contributed by atoms with E-state index in [1.165, 1.54) is 4.90 Å². The Bertz CT molecular complexity index is 547. The molecule has 5 nitrogen and oxygen atoms in total. The van der Waals surface area contributed by atoms with Gasteiger partial charge in [-0.25, -0.2) is 0 Å². The van der Waals surface area contributed by atoms with Gasteiger partial charge < -0.3 is 16.0 Å². The summed E-state index contributed by atoms with van der Waals surface area (Å²) in [5.74, 6) is -0.460. The quantitative estimate of drug-likeness (QED) is 0.883. The third-order valence-corrected chi connectivity index (χ3v) is 3.70. The second-order valence-corrected chi connectivity index (χ2v) is 6.85. The lowest BCUT2D eigenvalue weighted by atomic mass is 9.86. The van der Waals surface area contributed by atoms with E-state index in [1.54, 1.807) is 7.05 Å². The summed E-state index contributed by atoms with van der Waals surface area (Å²) >= 11 is 0. The molecule has 0 aromatic heterocycles. The average Bonchev–Trinajstić information content (AvgIpc) is 2.40. The molecule has 1 atom stereocenters. The summed E-state index contributed by atoms with van der Waals surface area (Å²) < 4.78 is 0. The molecular formula is C17H28ClN3O2. The highest BCUT2D eigenvalue weighted by molar-refractivity contribution is 5.96. The molecule has 0 spiro atoms. The highest BCUT2D eigenvalue weighted by Crippen LogP contribution is 2.20. The van der Waals surface area contributed by atoms with Gasteiger partial charge in [0.1, 0.15) is 0 Å². The van der Waals surface area contributed by atoms with Gasteiger partial charge in [0.25, 0.3) is 0 Å². The van der Waals surface area contributed by atoms with Crippen LogP contribution in [-0.4, -0.2) is 36.3 Å². The summed E-state index contributed by atoms with van der Waals surface area (Å²) in [5, 5.41) is 2.87. The number of likely N-dealkylation sites (N-methyl/N-ethyl adjacent to an activating group) is 1. The van der Waals surface area contributed by atoms with Gasteiger partial charge in [-0.2, -0.15) is 0 Å². The number of carbonyl (C=O) groups is 2. The van der Waals surface area contributed by atoms with E-state index in [1.807, 2.05) is 52.8 Å². The first-order chi connectivity index (χ1) is 10.0. The van der Waals surface area contributed by atoms with Crippen molar-refractivity contribution in [1.82, 2.24) is 4.90 Å². The summed E-state index contributed by atoms with van der Waals surface area (Å²) in [5.41, 5.74) is 8.40. The van der Waals surface area contributed by atoms with Crippen LogP contribution < -0.4 is 11.1 Å². The van der Waals surface area contributed by atoms with Gasteiger partial charge in [0.05, 0.1) is 12.6 Å². The fourth-order valence-corrected chi connectivity index (χ4v) is 2.09. The second kappa shape index (κ2) is 8.31. The zero-order chi connectivity index (χ0) is 17.1. The van der Waals surface area contributed by atoms with Crippen molar-refractivity contribution in [2.45, 2.75) is 40.7 Å². The number of nitrogens with one attached hydrogen (secondary N) is 1. The normalized spacial score (nSPS) is 12.1. The van der Waals surface area contributed by atoms with E-state index in [9.17, 15) is 9.59 Å². The number of benzene rings is 1. The summed E-state index contributed by atoms with van der Waals surface area (Å²) in [7, 11) is 1.60. The number of rotatable bonds is 4. The lowest BCUT2D eigenvalue weighted by molar-refractivity contribution is -0.136. The fraction of sp³-hybridized carbons (Fsp3) is 0.529. The van der Waals surface area contributed by atoms with Crippen molar-refractivity contribution in [2.24, 2.45) is 11.1 Å². The number of hydrogen-bond donors (Lipinski definition) is 2. The van der Waals surface area contributed by atoms with Crippen LogP contribution in [0.4, 0.5) is 5.69 Å². The number of nitrogens with two attached hydrogens (primary N) is 1. The zero-order valence-electron chi connectivity index (χ0n) is 14.8. The summed E-state index contributed by atoms with van der Waals surface area (Å²) in [4.78, 5) is 25.8. The monoisotopic (exact) mass is 341 g/mol. The Morgan fingerprint density at radius 1 is 1.22 bits per heavy atom. The van der Waals surface area contributed by atoms with Crippen LogP contribution in [0.5, 0.6) is 0 Å². The smallest absolute Gasteiger partial charge is 0.243 e. The highest BCUT2D eigenvalue weighted by atomic mass is 35.5. The maximum Gasteiger partial charge on any atom is 0.243 e. The summed E-state index contributed by atoms with van der Waals surface area (Å²) in [6.45, 7) is 9.57. The third-order valence-electron chi connectivity index (χ3n) is 3.70. The number of nitrogens with zero attached hydrogens (tertiary/aromatic N) is 1. The van der Waals surface area contributed by atoms with Crippen LogP contribution in [0.2, 0.25) is 0 Å². The van der Waals surface area contributed by atoms with Gasteiger partial charge in [-0.15, -0.1) is 12.4 Å². The number of halogens is 1. The average molecular weight is 342 g/mol. The number of hydrogen-bond acceptors (Lipinski definition) is 3. The second-order valence-electron chi connectivity index (χ2n) is 6.85. The van der Waals surface area contributed by atoms with Crippen LogP contribution in [0.25, 0.3) is 0 Å². The van der Waals surface area contributed by atoms with E-state index < -0.39 is 6.04 Å². The number of aryl methyl sites for hydroxylation is 2. The standard InChI is InChI=1S/C17H27N3O2.ClH/c1-11-8-7-9-12(2)14(11)19-13(21)10-20(6)16(22)15(18)17(3,4)5;/h7-9,15H,10,18H2,1-6H3,(H,19,21);1H/t15-;/m1./s1. The Hall–Kier alpha value is -1.59. The number of carbonyl (C=O) groups excluding carboxylic acids is 2. The van der Waals surface area contributed by atoms with E-state index in [-0.39, 0.29) is 36.2 Å². The van der Waals surface area contributed by atoms with E-state index in [0.29, 0.717) is 0 Å². The minimum Gasteiger partial charge on any atom is -0.335 e. The molecule has 0 unspecified atom stereocenters. The minimum atomic E-state index is -0.634. The highest BCUT2D eigenvalue weighted by Gasteiger charge is 2.30. The maximum absolute atomic E-state index is 12.2. The SMILES string of the molecule is Cc1cccc(C)c1NC(=O)CN(C)C(=O)[C@@H](N)C(C)(C)C.Cl. The van der Waals surface area contributed by atoms with Crippen LogP contribution >= 0.6 is 12.4 Å². The number of anilines is 1. The predicted molar refractivity (Wildman–Crippen MR) is 96.9 cm³/mol. The van der Waals surface area contributed by atoms with E-state index in [2.05, 4.69) is 5.32 Å². The Morgan fingerprint density at radius 3 is 2.13 bits per heavy atom. The van der Waals surface area contributed by atoms with Crippen LogP contribution in [0.15, 0.2) is 18.2 Å². The molecule has 1 rings (SSSR count). The minimum absolute atomic E-state index is 0. The molecule has 0 aliphatic rings. The molecule has 0 bridgehead atoms. The molecule has 1 aromatic rings. The summed E-state index contributed by atoms with van der Waals surface area (Å²) in [6.07, 6.45) is 0. The van der Waals surface area contributed by atoms with Crippen LogP contribution in [0.3, 0.4) is 0 Å². The summed E-state index contributed by atoms with van der Waals surface area (Å²) in [6, 6.07) is 5.18. The van der Waals surface area contributed by atoms with Crippen molar-refractivity contribution in [3.05, 3.63) is 29.3 Å². The molecule has 0 saturated carbocycles. The Kier molecular flexibility index (Phi) is 7.74. The Balaban J connectivity index is 0.00000484. The lowest BCUT2D eigenvalue weighted by Crippen LogP contribution is -2.50. The third kappa shape index (κ3) is 5.84. The molecule has 0 radical (unpaired) electrons. The van der Waals surface area contributed by atoms with E-state index in [0.717, 1.165) is 16.8 Å². The molecule has 23 heavy (non-hydrogen) atoms. The van der Waals surface area contributed by atoms with Crippen molar-refractivity contribution >= 4 is 29.9 Å². The van der Waals surface area contributed by atoms with Crippen LogP contribution in [0.1, 0.15) is 31.9 Å². The molecule has 2 amide bonds. The Morgan fingerprint density at radius 2 is 1.70 bits per heavy atom. The zero-order valence-corrected chi connectivity index (χ0v) is 15.6. The lowest BCUT2D eigenvalue weighted by Gasteiger charge is -2.29. The fourth-order valence-electron chi connectivity index (χ4n) is 2.09. The van der Waals surface area contributed by atoms with E-state index in [4.69, 9.17) is 5.73 Å². The Labute approximate surface area is 145 Å². The van der Waals surface area contributed by atoms with Gasteiger partial charge >= 0.3 is 0 Å². The number of amides is 2. The predicted octanol–water partition coefficient (Wildman–Crippen LogP) is 2.50. The van der Waals surface area contributed by atoms with Crippen molar-refractivity contribution in [2.75, 3.05) is 18.9 Å². The van der Waals surface area contributed by atoms with Crippen molar-refractivity contribution in [3.63, 3.8) is 0 Å². The molecule has 0 fully saturated rings. The van der Waals surface area contributed by atoms with Crippen LogP contribution in [-0.2, 0) is 9.59 Å². The molecule has 0 heterocycles. The molecule has 3 N–H and O–H groups in total. The molecule has 6 heteroatoms. The number of para-hydroxylation sites is 1. The maximum atomic E-state index is 12.2. The van der Waals surface area contributed by atoms with Gasteiger partial charge in [0, 0.05) is 12.7 Å². The largest absolute Gasteiger partial charge is 0.335 e. The molecule has 130 valence electrons. The van der Waals surface area contributed by atoms with Crippen molar-refractivity contribution in [3.8, 4) is 0 Å². The van der Waals surface area contributed by atoms with E-state index >= 15 is 0 Å².